The second-order valence-electron chi connectivity index (χ2n) is 7.58. The largest absolute Gasteiger partial charge is 0.496 e. The molecular weight excluding hydrogens is 308 g/mol. The quantitative estimate of drug-likeness (QED) is 0.579. The number of rotatable bonds is 6. The van der Waals surface area contributed by atoms with Gasteiger partial charge in [0.25, 0.3) is 0 Å². The summed E-state index contributed by atoms with van der Waals surface area (Å²) < 4.78 is 11.4. The Morgan fingerprint density at radius 2 is 1.08 bits per heavy atom. The van der Waals surface area contributed by atoms with E-state index in [0.29, 0.717) is 17.8 Å². The third-order valence-electron chi connectivity index (χ3n) is 4.81. The topological polar surface area (TPSA) is 18.5 Å². The van der Waals surface area contributed by atoms with E-state index in [-0.39, 0.29) is 0 Å². The maximum atomic E-state index is 5.71. The lowest BCUT2D eigenvalue weighted by molar-refractivity contribution is 0.397. The third-order valence-corrected chi connectivity index (χ3v) is 4.81. The van der Waals surface area contributed by atoms with E-state index in [9.17, 15) is 0 Å². The molecule has 0 amide bonds. The molecule has 0 radical (unpaired) electrons. The smallest absolute Gasteiger partial charge is 0.130 e. The Labute approximate surface area is 153 Å². The van der Waals surface area contributed by atoms with Crippen molar-refractivity contribution in [3.63, 3.8) is 0 Å². The predicted octanol–water partition coefficient (Wildman–Crippen LogP) is 6.74. The summed E-state index contributed by atoms with van der Waals surface area (Å²) >= 11 is 0. The zero-order valence-corrected chi connectivity index (χ0v) is 16.9. The molecule has 0 bridgehead atoms. The van der Waals surface area contributed by atoms with Crippen LogP contribution in [0.4, 0.5) is 0 Å². The van der Waals surface area contributed by atoms with E-state index in [1.54, 1.807) is 14.2 Å². The highest BCUT2D eigenvalue weighted by atomic mass is 16.5. The fraction of sp³-hybridized carbons (Fsp3) is 0.478. The van der Waals surface area contributed by atoms with Crippen LogP contribution < -0.4 is 9.47 Å². The summed E-state index contributed by atoms with van der Waals surface area (Å²) in [5.41, 5.74) is 6.44. The highest BCUT2D eigenvalue weighted by Gasteiger charge is 2.23. The molecule has 136 valence electrons. The lowest BCUT2D eigenvalue weighted by Crippen LogP contribution is -2.05. The molecular formula is C23H32O2. The normalized spacial score (nSPS) is 11.5. The van der Waals surface area contributed by atoms with E-state index in [1.165, 1.54) is 22.3 Å². The molecule has 2 aromatic rings. The third kappa shape index (κ3) is 3.84. The van der Waals surface area contributed by atoms with Crippen LogP contribution in [0.25, 0.3) is 11.1 Å². The van der Waals surface area contributed by atoms with Crippen molar-refractivity contribution >= 4 is 0 Å². The van der Waals surface area contributed by atoms with Crippen LogP contribution in [0.15, 0.2) is 30.3 Å². The Kier molecular flexibility index (Phi) is 6.16. The molecule has 0 aromatic heterocycles. The van der Waals surface area contributed by atoms with Crippen LogP contribution in [0.5, 0.6) is 11.5 Å². The molecule has 2 heteroatoms. The second-order valence-corrected chi connectivity index (χ2v) is 7.58. The second kappa shape index (κ2) is 7.95. The number of hydrogen-bond donors (Lipinski definition) is 0. The minimum atomic E-state index is 0.417. The summed E-state index contributed by atoms with van der Waals surface area (Å²) in [5.74, 6) is 3.06. The van der Waals surface area contributed by atoms with Crippen LogP contribution in [0.2, 0.25) is 0 Å². The van der Waals surface area contributed by atoms with E-state index in [0.717, 1.165) is 17.1 Å². The number of benzene rings is 2. The average molecular weight is 341 g/mol. The van der Waals surface area contributed by atoms with Crippen LogP contribution in [0.3, 0.4) is 0 Å². The van der Waals surface area contributed by atoms with Gasteiger partial charge in [-0.25, -0.2) is 0 Å². The Hall–Kier alpha value is -1.96. The molecule has 0 aliphatic carbocycles. The van der Waals surface area contributed by atoms with E-state index in [1.807, 2.05) is 18.2 Å². The number of ether oxygens (including phenoxy) is 2. The van der Waals surface area contributed by atoms with Gasteiger partial charge in [0, 0.05) is 0 Å². The number of hydrogen-bond acceptors (Lipinski definition) is 2. The van der Waals surface area contributed by atoms with Gasteiger partial charge in [0.15, 0.2) is 0 Å². The molecule has 2 rings (SSSR count). The lowest BCUT2D eigenvalue weighted by Gasteiger charge is -2.25. The van der Waals surface area contributed by atoms with E-state index in [2.05, 4.69) is 53.7 Å². The van der Waals surface area contributed by atoms with Gasteiger partial charge in [-0.15, -0.1) is 0 Å². The van der Waals surface area contributed by atoms with Crippen molar-refractivity contribution < 1.29 is 9.47 Å². The van der Waals surface area contributed by atoms with Crippen molar-refractivity contribution in [2.24, 2.45) is 0 Å². The summed E-state index contributed by atoms with van der Waals surface area (Å²) in [7, 11) is 3.45. The maximum absolute atomic E-state index is 5.71. The van der Waals surface area contributed by atoms with E-state index < -0.39 is 0 Å². The molecule has 0 fully saturated rings. The average Bonchev–Trinajstić information content (AvgIpc) is 2.59. The minimum Gasteiger partial charge on any atom is -0.496 e. The monoisotopic (exact) mass is 340 g/mol. The van der Waals surface area contributed by atoms with Gasteiger partial charge in [0.1, 0.15) is 11.5 Å². The van der Waals surface area contributed by atoms with Gasteiger partial charge in [0.05, 0.1) is 19.8 Å². The fourth-order valence-corrected chi connectivity index (χ4v) is 3.34. The Morgan fingerprint density at radius 1 is 0.640 bits per heavy atom. The Morgan fingerprint density at radius 3 is 1.40 bits per heavy atom. The molecule has 0 saturated carbocycles. The SMILES string of the molecule is COc1cccc(OC)c1-c1c(C(C)C)cc(C(C)C)cc1C(C)C. The van der Waals surface area contributed by atoms with Gasteiger partial charge in [-0.2, -0.15) is 0 Å². The van der Waals surface area contributed by atoms with Crippen LogP contribution in [-0.2, 0) is 0 Å². The molecule has 0 heterocycles. The van der Waals surface area contributed by atoms with Crippen molar-refractivity contribution in [1.29, 1.82) is 0 Å². The molecule has 25 heavy (non-hydrogen) atoms. The van der Waals surface area contributed by atoms with E-state index >= 15 is 0 Å². The summed E-state index contributed by atoms with van der Waals surface area (Å²) in [6, 6.07) is 10.7. The van der Waals surface area contributed by atoms with E-state index in [4.69, 9.17) is 9.47 Å². The molecule has 0 aliphatic rings. The van der Waals surface area contributed by atoms with Gasteiger partial charge >= 0.3 is 0 Å². The highest BCUT2D eigenvalue weighted by Crippen LogP contribution is 2.46. The van der Waals surface area contributed by atoms with Crippen molar-refractivity contribution in [3.05, 3.63) is 47.0 Å². The van der Waals surface area contributed by atoms with Crippen LogP contribution in [0.1, 0.15) is 76.0 Å². The minimum absolute atomic E-state index is 0.417. The maximum Gasteiger partial charge on any atom is 0.130 e. The van der Waals surface area contributed by atoms with Gasteiger partial charge in [-0.05, 0) is 52.1 Å². The van der Waals surface area contributed by atoms with Crippen LogP contribution in [0, 0.1) is 0 Å². The first-order valence-electron chi connectivity index (χ1n) is 9.20. The van der Waals surface area contributed by atoms with Crippen molar-refractivity contribution in [2.75, 3.05) is 14.2 Å². The summed E-state index contributed by atoms with van der Waals surface area (Å²) in [6.45, 7) is 13.5. The Bertz CT molecular complexity index is 676. The van der Waals surface area contributed by atoms with Gasteiger partial charge < -0.3 is 9.47 Å². The predicted molar refractivity (Wildman–Crippen MR) is 107 cm³/mol. The molecule has 2 aromatic carbocycles. The first kappa shape index (κ1) is 19.4. The van der Waals surface area contributed by atoms with Gasteiger partial charge in [-0.3, -0.25) is 0 Å². The lowest BCUT2D eigenvalue weighted by atomic mass is 9.81. The molecule has 0 saturated heterocycles. The van der Waals surface area contributed by atoms with Crippen molar-refractivity contribution in [1.82, 2.24) is 0 Å². The molecule has 0 N–H and O–H groups in total. The number of methoxy groups -OCH3 is 2. The first-order chi connectivity index (χ1) is 11.8. The van der Waals surface area contributed by atoms with Crippen molar-refractivity contribution in [3.8, 4) is 22.6 Å². The molecule has 0 atom stereocenters. The fourth-order valence-electron chi connectivity index (χ4n) is 3.34. The van der Waals surface area contributed by atoms with Crippen LogP contribution >= 0.6 is 0 Å². The van der Waals surface area contributed by atoms with Gasteiger partial charge in [0.2, 0.25) is 0 Å². The molecule has 0 aliphatic heterocycles. The van der Waals surface area contributed by atoms with Gasteiger partial charge in [-0.1, -0.05) is 59.7 Å². The zero-order chi connectivity index (χ0) is 18.7. The van der Waals surface area contributed by atoms with Crippen molar-refractivity contribution in [2.45, 2.75) is 59.3 Å². The van der Waals surface area contributed by atoms with Crippen LogP contribution in [-0.4, -0.2) is 14.2 Å². The summed E-state index contributed by atoms with van der Waals surface area (Å²) in [4.78, 5) is 0. The summed E-state index contributed by atoms with van der Waals surface area (Å²) in [6.07, 6.45) is 0. The highest BCUT2D eigenvalue weighted by molar-refractivity contribution is 5.83. The zero-order valence-electron chi connectivity index (χ0n) is 16.9. The standard InChI is InChI=1S/C23H32O2/c1-14(2)17-12-18(15(3)4)22(19(13-17)16(5)6)23-20(24-7)10-9-11-21(23)25-8/h9-16H,1-8H3. The Balaban J connectivity index is 2.94. The summed E-state index contributed by atoms with van der Waals surface area (Å²) in [5, 5.41) is 0. The molecule has 0 unspecified atom stereocenters. The molecule has 0 spiro atoms. The first-order valence-corrected chi connectivity index (χ1v) is 9.20. The molecule has 2 nitrogen and oxygen atoms in total.